The molecule has 0 bridgehead atoms. The Morgan fingerprint density at radius 3 is 2.61 bits per heavy atom. The van der Waals surface area contributed by atoms with Crippen molar-refractivity contribution in [3.05, 3.63) is 40.4 Å². The first-order valence-corrected chi connectivity index (χ1v) is 8.05. The molecular formula is C18H19ClO4. The third-order valence-corrected chi connectivity index (χ3v) is 4.41. The average Bonchev–Trinajstić information content (AvgIpc) is 2.51. The van der Waals surface area contributed by atoms with E-state index >= 15 is 0 Å². The van der Waals surface area contributed by atoms with Crippen molar-refractivity contribution in [2.75, 3.05) is 0 Å². The number of hydrogen-bond donors (Lipinski definition) is 1. The molecule has 0 aliphatic heterocycles. The zero-order valence-corrected chi connectivity index (χ0v) is 13.7. The molecule has 0 heterocycles. The summed E-state index contributed by atoms with van der Waals surface area (Å²) in [7, 11) is 0. The number of hydrogen-bond acceptors (Lipinski definition) is 3. The van der Waals surface area contributed by atoms with Crippen molar-refractivity contribution >= 4 is 35.2 Å². The second-order valence-corrected chi connectivity index (χ2v) is 6.52. The normalized spacial score (nSPS) is 21.7. The highest BCUT2D eigenvalue weighted by atomic mass is 35.5. The smallest absolute Gasteiger partial charge is 0.377 e. The number of carboxylic acid groups (broad SMARTS) is 1. The van der Waals surface area contributed by atoms with Crippen LogP contribution >= 0.6 is 11.6 Å². The minimum absolute atomic E-state index is 0.265. The Morgan fingerprint density at radius 1 is 1.26 bits per heavy atom. The third-order valence-electron chi connectivity index (χ3n) is 4.17. The first-order valence-electron chi connectivity index (χ1n) is 7.67. The molecule has 1 aliphatic carbocycles. The van der Waals surface area contributed by atoms with E-state index < -0.39 is 11.8 Å². The zero-order chi connectivity index (χ0) is 17.0. The molecule has 2 rings (SSSR count). The maximum atomic E-state index is 12.7. The average molecular weight is 335 g/mol. The van der Waals surface area contributed by atoms with Crippen LogP contribution in [0.5, 0.6) is 0 Å². The van der Waals surface area contributed by atoms with E-state index in [0.717, 1.165) is 12.8 Å². The van der Waals surface area contributed by atoms with Crippen molar-refractivity contribution in [1.82, 2.24) is 0 Å². The van der Waals surface area contributed by atoms with E-state index in [2.05, 4.69) is 6.92 Å². The van der Waals surface area contributed by atoms with Gasteiger partial charge >= 0.3 is 5.97 Å². The molecule has 0 saturated heterocycles. The molecule has 0 amide bonds. The molecule has 122 valence electrons. The van der Waals surface area contributed by atoms with Gasteiger partial charge < -0.3 is 5.11 Å². The Balaban J connectivity index is 2.36. The minimum atomic E-state index is -1.62. The highest BCUT2D eigenvalue weighted by molar-refractivity contribution is 6.48. The van der Waals surface area contributed by atoms with Gasteiger partial charge in [0, 0.05) is 10.9 Å². The zero-order valence-electron chi connectivity index (χ0n) is 12.9. The van der Waals surface area contributed by atoms with Gasteiger partial charge in [0.1, 0.15) is 0 Å². The van der Waals surface area contributed by atoms with Gasteiger partial charge in [-0.15, -0.1) is 0 Å². The van der Waals surface area contributed by atoms with E-state index in [-0.39, 0.29) is 17.3 Å². The van der Waals surface area contributed by atoms with E-state index in [1.807, 2.05) is 0 Å². The van der Waals surface area contributed by atoms with Crippen LogP contribution in [0, 0.1) is 11.8 Å². The summed E-state index contributed by atoms with van der Waals surface area (Å²) in [6.07, 6.45) is 4.71. The number of halogens is 1. The van der Waals surface area contributed by atoms with E-state index in [1.54, 1.807) is 24.3 Å². The summed E-state index contributed by atoms with van der Waals surface area (Å²) in [5.74, 6) is -3.02. The molecule has 1 unspecified atom stereocenters. The van der Waals surface area contributed by atoms with Crippen LogP contribution in [0.2, 0.25) is 5.02 Å². The van der Waals surface area contributed by atoms with Gasteiger partial charge in [0.25, 0.3) is 5.78 Å². The van der Waals surface area contributed by atoms with Gasteiger partial charge in [0.2, 0.25) is 0 Å². The van der Waals surface area contributed by atoms with Crippen LogP contribution in [0.4, 0.5) is 0 Å². The summed E-state index contributed by atoms with van der Waals surface area (Å²) in [5.41, 5.74) is 0.276. The number of carboxylic acids is 1. The summed E-state index contributed by atoms with van der Waals surface area (Å²) in [4.78, 5) is 35.8. The lowest BCUT2D eigenvalue weighted by Gasteiger charge is -2.25. The molecule has 1 aromatic rings. The number of ketones is 2. The summed E-state index contributed by atoms with van der Waals surface area (Å²) in [5, 5.41) is 9.47. The van der Waals surface area contributed by atoms with Crippen LogP contribution in [0.25, 0.3) is 6.08 Å². The second kappa shape index (κ2) is 7.55. The molecule has 0 spiro atoms. The highest BCUT2D eigenvalue weighted by Crippen LogP contribution is 2.31. The fourth-order valence-electron chi connectivity index (χ4n) is 3.02. The maximum absolute atomic E-state index is 12.7. The van der Waals surface area contributed by atoms with Crippen LogP contribution < -0.4 is 0 Å². The molecule has 23 heavy (non-hydrogen) atoms. The minimum Gasteiger partial charge on any atom is -0.475 e. The van der Waals surface area contributed by atoms with Gasteiger partial charge in [-0.3, -0.25) is 9.59 Å². The molecule has 1 fully saturated rings. The molecule has 5 heteroatoms. The summed E-state index contributed by atoms with van der Waals surface area (Å²) in [6.45, 7) is 2.07. The third kappa shape index (κ3) is 4.52. The van der Waals surface area contributed by atoms with Crippen molar-refractivity contribution in [2.24, 2.45) is 11.8 Å². The lowest BCUT2D eigenvalue weighted by atomic mass is 9.78. The van der Waals surface area contributed by atoms with Gasteiger partial charge in [-0.2, -0.15) is 0 Å². The van der Waals surface area contributed by atoms with Crippen molar-refractivity contribution in [2.45, 2.75) is 32.6 Å². The van der Waals surface area contributed by atoms with Crippen molar-refractivity contribution in [3.8, 4) is 0 Å². The van der Waals surface area contributed by atoms with E-state index in [1.165, 1.54) is 6.08 Å². The van der Waals surface area contributed by atoms with E-state index in [9.17, 15) is 14.4 Å². The number of carbonyl (C=O) groups is 3. The van der Waals surface area contributed by atoms with Gasteiger partial charge in [0.05, 0.1) is 5.57 Å². The predicted molar refractivity (Wildman–Crippen MR) is 88.2 cm³/mol. The molecule has 4 nitrogen and oxygen atoms in total. The highest BCUT2D eigenvalue weighted by Gasteiger charge is 2.32. The fourth-order valence-corrected chi connectivity index (χ4v) is 3.22. The van der Waals surface area contributed by atoms with Crippen LogP contribution in [0.1, 0.15) is 38.2 Å². The van der Waals surface area contributed by atoms with Crippen LogP contribution in [-0.4, -0.2) is 22.6 Å². The number of benzene rings is 1. The van der Waals surface area contributed by atoms with Crippen molar-refractivity contribution < 1.29 is 19.5 Å². The summed E-state index contributed by atoms with van der Waals surface area (Å²) < 4.78 is 0. The predicted octanol–water partition coefficient (Wildman–Crippen LogP) is 3.77. The first-order chi connectivity index (χ1) is 10.9. The Morgan fingerprint density at radius 2 is 2.00 bits per heavy atom. The van der Waals surface area contributed by atoms with Crippen molar-refractivity contribution in [1.29, 1.82) is 0 Å². The van der Waals surface area contributed by atoms with Crippen LogP contribution in [-0.2, 0) is 14.4 Å². The number of rotatable bonds is 5. The Labute approximate surface area is 140 Å². The van der Waals surface area contributed by atoms with Crippen LogP contribution in [0.3, 0.4) is 0 Å². The topological polar surface area (TPSA) is 71.4 Å². The second-order valence-electron chi connectivity index (χ2n) is 6.08. The molecule has 0 radical (unpaired) electrons. The fraction of sp³-hybridized carbons (Fsp3) is 0.389. The van der Waals surface area contributed by atoms with Crippen LogP contribution in [0.15, 0.2) is 29.8 Å². The summed E-state index contributed by atoms with van der Waals surface area (Å²) >= 11 is 5.90. The van der Waals surface area contributed by atoms with Crippen molar-refractivity contribution in [3.63, 3.8) is 0 Å². The van der Waals surface area contributed by atoms with E-state index in [4.69, 9.17) is 16.7 Å². The number of aliphatic carboxylic acids is 1. The Bertz CT molecular complexity index is 663. The summed E-state index contributed by atoms with van der Waals surface area (Å²) in [6, 6.07) is 6.62. The quantitative estimate of drug-likeness (QED) is 0.385. The Kier molecular flexibility index (Phi) is 5.72. The standard InChI is InChI=1S/C18H19ClO4/c1-11-4-2-6-13(8-11)16(20)15(17(21)18(22)23)10-12-5-3-7-14(19)9-12/h3,5,7,9-11,13H,2,4,6,8H2,1H3,(H,22,23)/t11-,13?/m1/s1. The van der Waals surface area contributed by atoms with E-state index in [0.29, 0.717) is 29.3 Å². The molecule has 2 atom stereocenters. The SMILES string of the molecule is C[C@@H]1CCCC(C(=O)C(=Cc2cccc(Cl)c2)C(=O)C(=O)O)C1. The molecular weight excluding hydrogens is 316 g/mol. The largest absolute Gasteiger partial charge is 0.475 e. The van der Waals surface area contributed by atoms with Gasteiger partial charge in [-0.25, -0.2) is 4.79 Å². The lowest BCUT2D eigenvalue weighted by molar-refractivity contribution is -0.148. The molecule has 1 aliphatic rings. The van der Waals surface area contributed by atoms with Gasteiger partial charge in [-0.05, 0) is 42.5 Å². The monoisotopic (exact) mass is 334 g/mol. The molecule has 1 saturated carbocycles. The number of carbonyl (C=O) groups excluding carboxylic acids is 2. The Hall–Kier alpha value is -1.94. The van der Waals surface area contributed by atoms with Gasteiger partial charge in [0.15, 0.2) is 5.78 Å². The molecule has 0 aromatic heterocycles. The van der Waals surface area contributed by atoms with Gasteiger partial charge in [-0.1, -0.05) is 43.5 Å². The maximum Gasteiger partial charge on any atom is 0.377 e. The number of Topliss-reactive ketones (excluding diaryl/α,β-unsaturated/α-hetero) is 2. The molecule has 1 N–H and O–H groups in total. The lowest BCUT2D eigenvalue weighted by Crippen LogP contribution is -2.29. The molecule has 1 aromatic carbocycles. The first kappa shape index (κ1) is 17.4.